The van der Waals surface area contributed by atoms with Gasteiger partial charge in [0.1, 0.15) is 5.82 Å². The van der Waals surface area contributed by atoms with E-state index in [9.17, 15) is 4.39 Å². The van der Waals surface area contributed by atoms with Gasteiger partial charge >= 0.3 is 0 Å². The first-order chi connectivity index (χ1) is 12.6. The van der Waals surface area contributed by atoms with Gasteiger partial charge in [-0.25, -0.2) is 9.40 Å². The van der Waals surface area contributed by atoms with Crippen LogP contribution in [0.5, 0.6) is 0 Å². The summed E-state index contributed by atoms with van der Waals surface area (Å²) < 4.78 is 13.2. The van der Waals surface area contributed by atoms with Crippen molar-refractivity contribution in [1.82, 2.24) is 15.3 Å². The van der Waals surface area contributed by atoms with E-state index in [1.807, 2.05) is 18.2 Å². The Morgan fingerprint density at radius 2 is 1.92 bits per heavy atom. The third-order valence-corrected chi connectivity index (χ3v) is 5.47. The molecule has 1 N–H and O–H groups in total. The molecule has 0 fully saturated rings. The van der Waals surface area contributed by atoms with Crippen LogP contribution in [0.3, 0.4) is 0 Å². The molecule has 0 radical (unpaired) electrons. The summed E-state index contributed by atoms with van der Waals surface area (Å²) in [7, 11) is 0. The van der Waals surface area contributed by atoms with Gasteiger partial charge in [0.05, 0.1) is 0 Å². The number of hydrogen-bond acceptors (Lipinski definition) is 3. The molecule has 0 aliphatic carbocycles. The van der Waals surface area contributed by atoms with Crippen LogP contribution < -0.4 is 5.43 Å². The normalized spacial score (nSPS) is 18.1. The van der Waals surface area contributed by atoms with E-state index < -0.39 is 0 Å². The smallest absolute Gasteiger partial charge is 0.124 e. The van der Waals surface area contributed by atoms with Crippen LogP contribution >= 0.6 is 23.2 Å². The number of hydrogen-bond donors (Lipinski definition) is 1. The maximum absolute atomic E-state index is 13.2. The highest BCUT2D eigenvalue weighted by atomic mass is 35.5. The SMILES string of the molecule is Fc1ccc(CN2CC3=C(CN(Cc4cccc(Cl)c4)CC3)N2)c(Cl)c1. The van der Waals surface area contributed by atoms with Crippen molar-refractivity contribution in [3.63, 3.8) is 0 Å². The molecule has 0 amide bonds. The molecule has 2 aromatic carbocycles. The Bertz CT molecular complexity index is 853. The lowest BCUT2D eigenvalue weighted by Crippen LogP contribution is -2.36. The molecule has 26 heavy (non-hydrogen) atoms. The predicted octanol–water partition coefficient (Wildman–Crippen LogP) is 4.61. The van der Waals surface area contributed by atoms with Gasteiger partial charge in [0, 0.05) is 48.5 Å². The van der Waals surface area contributed by atoms with Crippen LogP contribution in [0.2, 0.25) is 10.0 Å². The minimum atomic E-state index is -0.304. The summed E-state index contributed by atoms with van der Waals surface area (Å²) in [5.41, 5.74) is 8.39. The van der Waals surface area contributed by atoms with Crippen molar-refractivity contribution in [2.45, 2.75) is 19.5 Å². The Morgan fingerprint density at radius 3 is 2.73 bits per heavy atom. The van der Waals surface area contributed by atoms with E-state index in [1.54, 1.807) is 6.07 Å². The quantitative estimate of drug-likeness (QED) is 0.820. The summed E-state index contributed by atoms with van der Waals surface area (Å²) in [5.74, 6) is -0.304. The summed E-state index contributed by atoms with van der Waals surface area (Å²) in [6.07, 6.45) is 1.05. The van der Waals surface area contributed by atoms with Crippen molar-refractivity contribution in [3.05, 3.63) is 80.7 Å². The van der Waals surface area contributed by atoms with Crippen molar-refractivity contribution < 1.29 is 4.39 Å². The number of nitrogens with one attached hydrogen (secondary N) is 1. The first kappa shape index (κ1) is 17.8. The molecule has 0 saturated heterocycles. The summed E-state index contributed by atoms with van der Waals surface area (Å²) in [4.78, 5) is 2.42. The van der Waals surface area contributed by atoms with E-state index in [0.29, 0.717) is 11.6 Å². The van der Waals surface area contributed by atoms with E-state index in [0.717, 1.165) is 43.2 Å². The maximum atomic E-state index is 13.2. The highest BCUT2D eigenvalue weighted by Crippen LogP contribution is 2.26. The molecule has 0 aromatic heterocycles. The van der Waals surface area contributed by atoms with E-state index in [2.05, 4.69) is 21.4 Å². The average Bonchev–Trinajstić information content (AvgIpc) is 2.99. The molecule has 2 aliphatic heterocycles. The first-order valence-electron chi connectivity index (χ1n) is 8.70. The third-order valence-electron chi connectivity index (χ3n) is 4.88. The molecule has 0 bridgehead atoms. The van der Waals surface area contributed by atoms with Gasteiger partial charge in [-0.2, -0.15) is 0 Å². The van der Waals surface area contributed by atoms with E-state index in [1.165, 1.54) is 29.0 Å². The molecule has 4 rings (SSSR count). The average molecular weight is 392 g/mol. The van der Waals surface area contributed by atoms with Crippen LogP contribution in [0.4, 0.5) is 4.39 Å². The van der Waals surface area contributed by atoms with Crippen molar-refractivity contribution in [1.29, 1.82) is 0 Å². The number of rotatable bonds is 4. The number of hydrazine groups is 1. The molecule has 0 unspecified atom stereocenters. The second-order valence-electron chi connectivity index (χ2n) is 6.88. The summed E-state index contributed by atoms with van der Waals surface area (Å²) in [6.45, 7) is 4.37. The second-order valence-corrected chi connectivity index (χ2v) is 7.72. The molecule has 0 saturated carbocycles. The fraction of sp³-hybridized carbons (Fsp3) is 0.300. The van der Waals surface area contributed by atoms with Crippen LogP contribution in [0.25, 0.3) is 0 Å². The van der Waals surface area contributed by atoms with Gasteiger partial charge in [0.25, 0.3) is 0 Å². The zero-order valence-corrected chi connectivity index (χ0v) is 15.8. The fourth-order valence-corrected chi connectivity index (χ4v) is 4.03. The van der Waals surface area contributed by atoms with Gasteiger partial charge in [-0.15, -0.1) is 0 Å². The molecular weight excluding hydrogens is 372 g/mol. The Labute approximate surface area is 163 Å². The lowest BCUT2D eigenvalue weighted by Gasteiger charge is -2.28. The molecule has 2 aromatic rings. The van der Waals surface area contributed by atoms with Gasteiger partial charge in [-0.1, -0.05) is 41.4 Å². The van der Waals surface area contributed by atoms with Crippen LogP contribution in [0.1, 0.15) is 17.5 Å². The topological polar surface area (TPSA) is 18.5 Å². The third kappa shape index (κ3) is 4.04. The molecule has 136 valence electrons. The second kappa shape index (κ2) is 7.57. The van der Waals surface area contributed by atoms with Crippen LogP contribution in [-0.2, 0) is 13.1 Å². The Kier molecular flexibility index (Phi) is 5.18. The highest BCUT2D eigenvalue weighted by Gasteiger charge is 2.27. The van der Waals surface area contributed by atoms with Gasteiger partial charge in [0.2, 0.25) is 0 Å². The van der Waals surface area contributed by atoms with Gasteiger partial charge < -0.3 is 5.43 Å². The first-order valence-corrected chi connectivity index (χ1v) is 9.45. The Morgan fingerprint density at radius 1 is 1.04 bits per heavy atom. The summed E-state index contributed by atoms with van der Waals surface area (Å²) >= 11 is 12.2. The van der Waals surface area contributed by atoms with Gasteiger partial charge in [0.15, 0.2) is 0 Å². The van der Waals surface area contributed by atoms with Crippen LogP contribution in [0, 0.1) is 5.82 Å². The summed E-state index contributed by atoms with van der Waals surface area (Å²) in [6, 6.07) is 12.6. The molecule has 0 spiro atoms. The maximum Gasteiger partial charge on any atom is 0.124 e. The number of benzene rings is 2. The summed E-state index contributed by atoms with van der Waals surface area (Å²) in [5, 5.41) is 3.40. The standard InChI is InChI=1S/C20H20Cl2FN3/c21-17-3-1-2-14(8-17)10-25-7-6-16-12-26(24-20(16)13-25)11-15-4-5-18(23)9-19(15)22/h1-5,8-9,24H,6-7,10-13H2. The van der Waals surface area contributed by atoms with Crippen LogP contribution in [-0.4, -0.2) is 29.5 Å². The largest absolute Gasteiger partial charge is 0.321 e. The molecule has 2 heterocycles. The van der Waals surface area contributed by atoms with Crippen molar-refractivity contribution in [2.24, 2.45) is 0 Å². The van der Waals surface area contributed by atoms with Crippen molar-refractivity contribution in [2.75, 3.05) is 19.6 Å². The minimum Gasteiger partial charge on any atom is -0.321 e. The molecular formula is C20H20Cl2FN3. The van der Waals surface area contributed by atoms with Crippen LogP contribution in [0.15, 0.2) is 53.7 Å². The molecule has 3 nitrogen and oxygen atoms in total. The number of nitrogens with zero attached hydrogens (tertiary/aromatic N) is 2. The lowest BCUT2D eigenvalue weighted by molar-refractivity contribution is 0.234. The predicted molar refractivity (Wildman–Crippen MR) is 103 cm³/mol. The Balaban J connectivity index is 1.37. The minimum absolute atomic E-state index is 0.304. The van der Waals surface area contributed by atoms with Gasteiger partial charge in [-0.05, 0) is 47.4 Å². The van der Waals surface area contributed by atoms with E-state index in [4.69, 9.17) is 23.2 Å². The Hall–Kier alpha value is -1.59. The highest BCUT2D eigenvalue weighted by molar-refractivity contribution is 6.31. The fourth-order valence-electron chi connectivity index (χ4n) is 3.59. The zero-order valence-electron chi connectivity index (χ0n) is 14.3. The molecule has 2 aliphatic rings. The zero-order chi connectivity index (χ0) is 18.1. The molecule has 6 heteroatoms. The van der Waals surface area contributed by atoms with Gasteiger partial charge in [-0.3, -0.25) is 4.90 Å². The van der Waals surface area contributed by atoms with E-state index >= 15 is 0 Å². The van der Waals surface area contributed by atoms with Crippen molar-refractivity contribution in [3.8, 4) is 0 Å². The number of halogens is 3. The lowest BCUT2D eigenvalue weighted by atomic mass is 10.1. The van der Waals surface area contributed by atoms with E-state index in [-0.39, 0.29) is 5.82 Å². The van der Waals surface area contributed by atoms with Crippen molar-refractivity contribution >= 4 is 23.2 Å². The monoisotopic (exact) mass is 391 g/mol. The molecule has 0 atom stereocenters.